The summed E-state index contributed by atoms with van der Waals surface area (Å²) in [5.74, 6) is -0.134. The van der Waals surface area contributed by atoms with Gasteiger partial charge in [0.25, 0.3) is 0 Å². The quantitative estimate of drug-likeness (QED) is 0.397. The molecular weight excluding hydrogens is 450 g/mol. The Hall–Kier alpha value is -2.90. The molecule has 1 aromatic carbocycles. The zero-order valence-corrected chi connectivity index (χ0v) is 20.7. The fourth-order valence-corrected chi connectivity index (χ4v) is 5.60. The number of carbonyl (C=O) groups is 2. The molecule has 0 fully saturated rings. The number of benzene rings is 1. The molecule has 1 aliphatic carbocycles. The Bertz CT molecular complexity index is 1100. The minimum Gasteiger partial charge on any atom is -0.494 e. The second kappa shape index (κ2) is 11.0. The van der Waals surface area contributed by atoms with Gasteiger partial charge in [0.05, 0.1) is 24.7 Å². The van der Waals surface area contributed by atoms with E-state index in [9.17, 15) is 9.59 Å². The van der Waals surface area contributed by atoms with Crippen LogP contribution in [0.1, 0.15) is 55.9 Å². The van der Waals surface area contributed by atoms with E-state index in [1.165, 1.54) is 4.88 Å². The second-order valence-corrected chi connectivity index (χ2v) is 9.32. The summed E-state index contributed by atoms with van der Waals surface area (Å²) in [6.45, 7) is 7.22. The van der Waals surface area contributed by atoms with E-state index >= 15 is 0 Å². The van der Waals surface area contributed by atoms with E-state index in [1.54, 1.807) is 11.3 Å². The van der Waals surface area contributed by atoms with E-state index in [-0.39, 0.29) is 18.3 Å². The molecule has 6 nitrogen and oxygen atoms in total. The van der Waals surface area contributed by atoms with Gasteiger partial charge in [0.1, 0.15) is 12.4 Å². The summed E-state index contributed by atoms with van der Waals surface area (Å²) in [4.78, 5) is 28.1. The van der Waals surface area contributed by atoms with Gasteiger partial charge in [0.15, 0.2) is 5.78 Å². The molecule has 0 saturated carbocycles. The van der Waals surface area contributed by atoms with Crippen LogP contribution in [-0.4, -0.2) is 38.2 Å². The van der Waals surface area contributed by atoms with Crippen LogP contribution >= 0.6 is 11.3 Å². The van der Waals surface area contributed by atoms with Crippen LogP contribution in [0.15, 0.2) is 64.3 Å². The molecule has 34 heavy (non-hydrogen) atoms. The molecule has 0 radical (unpaired) electrons. The van der Waals surface area contributed by atoms with Gasteiger partial charge in [-0.1, -0.05) is 24.3 Å². The molecule has 1 N–H and O–H groups in total. The van der Waals surface area contributed by atoms with Crippen LogP contribution < -0.4 is 10.1 Å². The maximum Gasteiger partial charge on any atom is 0.336 e. The van der Waals surface area contributed by atoms with Crippen molar-refractivity contribution in [1.29, 1.82) is 0 Å². The van der Waals surface area contributed by atoms with Gasteiger partial charge in [-0.3, -0.25) is 4.79 Å². The van der Waals surface area contributed by atoms with E-state index in [0.717, 1.165) is 17.7 Å². The van der Waals surface area contributed by atoms with Gasteiger partial charge in [-0.05, 0) is 44.7 Å². The summed E-state index contributed by atoms with van der Waals surface area (Å²) < 4.78 is 16.8. The first-order valence-electron chi connectivity index (χ1n) is 11.8. The average Bonchev–Trinajstić information content (AvgIpc) is 3.36. The molecule has 7 heteroatoms. The molecule has 4 rings (SSSR count). The molecule has 0 spiro atoms. The van der Waals surface area contributed by atoms with Crippen LogP contribution in [0.25, 0.3) is 0 Å². The molecule has 1 aliphatic heterocycles. The van der Waals surface area contributed by atoms with Crippen molar-refractivity contribution in [3.05, 3.63) is 74.8 Å². The molecule has 0 saturated heterocycles. The molecular formula is C27H31NO5S. The van der Waals surface area contributed by atoms with Crippen molar-refractivity contribution in [3.63, 3.8) is 0 Å². The lowest BCUT2D eigenvalue weighted by Crippen LogP contribution is -2.36. The van der Waals surface area contributed by atoms with Gasteiger partial charge < -0.3 is 19.5 Å². The maximum absolute atomic E-state index is 13.6. The third-order valence-corrected chi connectivity index (χ3v) is 7.22. The van der Waals surface area contributed by atoms with Crippen molar-refractivity contribution in [2.75, 3.05) is 26.4 Å². The number of carbonyl (C=O) groups excluding carboxylic acids is 2. The van der Waals surface area contributed by atoms with Gasteiger partial charge in [0.2, 0.25) is 0 Å². The van der Waals surface area contributed by atoms with Crippen molar-refractivity contribution < 1.29 is 23.8 Å². The fourth-order valence-electron chi connectivity index (χ4n) is 4.77. The number of allylic oxidation sites excluding steroid dienone is 3. The number of nitrogens with one attached hydrogen (secondary N) is 1. The number of hydrogen-bond acceptors (Lipinski definition) is 7. The summed E-state index contributed by atoms with van der Waals surface area (Å²) in [5, 5.41) is 5.44. The lowest BCUT2D eigenvalue weighted by Gasteiger charge is -2.36. The molecule has 2 heterocycles. The number of rotatable bonds is 9. The highest BCUT2D eigenvalue weighted by atomic mass is 32.1. The van der Waals surface area contributed by atoms with Crippen LogP contribution in [0.4, 0.5) is 0 Å². The molecule has 2 aliphatic rings. The Kier molecular flexibility index (Phi) is 7.85. The smallest absolute Gasteiger partial charge is 0.336 e. The third kappa shape index (κ3) is 4.95. The zero-order chi connectivity index (χ0) is 24.1. The lowest BCUT2D eigenvalue weighted by molar-refractivity contribution is -0.140. The summed E-state index contributed by atoms with van der Waals surface area (Å²) in [5.41, 5.74) is 3.48. The third-order valence-electron chi connectivity index (χ3n) is 6.19. The van der Waals surface area contributed by atoms with Gasteiger partial charge >= 0.3 is 5.97 Å². The van der Waals surface area contributed by atoms with Crippen LogP contribution in [0, 0.1) is 0 Å². The molecule has 0 amide bonds. The fraction of sp³-hybridized carbons (Fsp3) is 0.407. The Morgan fingerprint density at radius 3 is 2.65 bits per heavy atom. The van der Waals surface area contributed by atoms with Crippen LogP contribution in [0.2, 0.25) is 0 Å². The Balaban J connectivity index is 1.75. The number of thiophene rings is 1. The molecule has 180 valence electrons. The van der Waals surface area contributed by atoms with Crippen molar-refractivity contribution in [2.24, 2.45) is 0 Å². The predicted octanol–water partition coefficient (Wildman–Crippen LogP) is 5.09. The highest BCUT2D eigenvalue weighted by Gasteiger charge is 2.42. The molecule has 2 aromatic rings. The molecule has 2 atom stereocenters. The zero-order valence-electron chi connectivity index (χ0n) is 19.9. The van der Waals surface area contributed by atoms with Gasteiger partial charge in [0, 0.05) is 46.4 Å². The normalized spacial score (nSPS) is 20.1. The number of Topliss-reactive ketones (excluding diaryl/α,β-unsaturated/α-hetero) is 1. The number of ether oxygens (including phenoxy) is 3. The highest BCUT2D eigenvalue weighted by molar-refractivity contribution is 7.10. The topological polar surface area (TPSA) is 73.9 Å². The van der Waals surface area contributed by atoms with Crippen LogP contribution in [0.3, 0.4) is 0 Å². The van der Waals surface area contributed by atoms with Crippen molar-refractivity contribution >= 4 is 23.1 Å². The monoisotopic (exact) mass is 481 g/mol. The van der Waals surface area contributed by atoms with E-state index in [4.69, 9.17) is 14.2 Å². The minimum absolute atomic E-state index is 0.0515. The number of hydrogen-bond donors (Lipinski definition) is 1. The van der Waals surface area contributed by atoms with Gasteiger partial charge in [-0.15, -0.1) is 11.3 Å². The molecule has 0 unspecified atom stereocenters. The summed E-state index contributed by atoms with van der Waals surface area (Å²) in [6.07, 6.45) is 1.14. The number of esters is 1. The first-order chi connectivity index (χ1) is 16.5. The Labute approximate surface area is 204 Å². The largest absolute Gasteiger partial charge is 0.494 e. The standard InChI is InChI=1S/C27H31NO5S/c1-4-31-12-13-33-27(30)24-17(3)28-20-15-18(23-11-8-14-34-23)16-21(29)26(20)25(24)19-9-6-7-10-22(19)32-5-2/h6-11,14,18,25,28H,4-5,12-13,15-16H2,1-3H3/t18-,25+/m1/s1. The van der Waals surface area contributed by atoms with E-state index < -0.39 is 11.9 Å². The summed E-state index contributed by atoms with van der Waals surface area (Å²) >= 11 is 1.68. The number of para-hydroxylation sites is 1. The van der Waals surface area contributed by atoms with E-state index in [0.29, 0.717) is 48.8 Å². The number of dihydropyridines is 1. The summed E-state index contributed by atoms with van der Waals surface area (Å²) in [7, 11) is 0. The van der Waals surface area contributed by atoms with Crippen LogP contribution in [0.5, 0.6) is 5.75 Å². The maximum atomic E-state index is 13.6. The molecule has 0 bridgehead atoms. The Morgan fingerprint density at radius 1 is 1.09 bits per heavy atom. The first-order valence-corrected chi connectivity index (χ1v) is 12.7. The second-order valence-electron chi connectivity index (χ2n) is 8.34. The minimum atomic E-state index is -0.546. The van der Waals surface area contributed by atoms with Gasteiger partial charge in [-0.2, -0.15) is 0 Å². The predicted molar refractivity (Wildman–Crippen MR) is 132 cm³/mol. The summed E-state index contributed by atoms with van der Waals surface area (Å²) in [6, 6.07) is 11.7. The van der Waals surface area contributed by atoms with Crippen LogP contribution in [-0.2, 0) is 19.1 Å². The highest BCUT2D eigenvalue weighted by Crippen LogP contribution is 2.48. The van der Waals surface area contributed by atoms with Crippen molar-refractivity contribution in [2.45, 2.75) is 45.4 Å². The first kappa shape index (κ1) is 24.2. The number of ketones is 1. The van der Waals surface area contributed by atoms with Gasteiger partial charge in [-0.25, -0.2) is 4.79 Å². The van der Waals surface area contributed by atoms with E-state index in [2.05, 4.69) is 11.4 Å². The lowest BCUT2D eigenvalue weighted by atomic mass is 9.72. The SMILES string of the molecule is CCOCCOC(=O)C1=C(C)NC2=C(C(=O)C[C@H](c3cccs3)C2)[C@H]1c1ccccc1OCC. The molecule has 1 aromatic heterocycles. The average molecular weight is 482 g/mol. The Morgan fingerprint density at radius 2 is 1.91 bits per heavy atom. The van der Waals surface area contributed by atoms with E-state index in [1.807, 2.05) is 56.5 Å². The van der Waals surface area contributed by atoms with Crippen molar-refractivity contribution in [1.82, 2.24) is 5.32 Å². The van der Waals surface area contributed by atoms with Crippen molar-refractivity contribution in [3.8, 4) is 5.75 Å².